The number of rotatable bonds is 6. The van der Waals surface area contributed by atoms with Gasteiger partial charge in [-0.3, -0.25) is 4.79 Å². The lowest BCUT2D eigenvalue weighted by molar-refractivity contribution is 0.0951. The summed E-state index contributed by atoms with van der Waals surface area (Å²) in [7, 11) is -3.30. The van der Waals surface area contributed by atoms with Gasteiger partial charge in [-0.15, -0.1) is 0 Å². The molecule has 1 saturated heterocycles. The predicted molar refractivity (Wildman–Crippen MR) is 120 cm³/mol. The molecule has 6 heteroatoms. The van der Waals surface area contributed by atoms with Crippen molar-refractivity contribution in [3.63, 3.8) is 0 Å². The van der Waals surface area contributed by atoms with Crippen molar-refractivity contribution >= 4 is 26.7 Å². The van der Waals surface area contributed by atoms with Crippen LogP contribution in [0.1, 0.15) is 40.7 Å². The summed E-state index contributed by atoms with van der Waals surface area (Å²) in [5, 5.41) is 5.23. The van der Waals surface area contributed by atoms with Crippen LogP contribution < -0.4 is 5.32 Å². The summed E-state index contributed by atoms with van der Waals surface area (Å²) in [6, 6.07) is 21.0. The average molecular weight is 423 g/mol. The molecule has 0 saturated carbocycles. The summed E-state index contributed by atoms with van der Waals surface area (Å²) < 4.78 is 26.8. The highest BCUT2D eigenvalue weighted by atomic mass is 32.2. The lowest BCUT2D eigenvalue weighted by atomic mass is 10.0. The Morgan fingerprint density at radius 1 is 0.867 bits per heavy atom. The first-order valence-corrected chi connectivity index (χ1v) is 12.0. The van der Waals surface area contributed by atoms with Crippen LogP contribution in [0.4, 0.5) is 0 Å². The van der Waals surface area contributed by atoms with Crippen molar-refractivity contribution in [2.45, 2.75) is 31.6 Å². The maximum absolute atomic E-state index is 12.6. The van der Waals surface area contributed by atoms with Crippen LogP contribution in [-0.4, -0.2) is 31.7 Å². The Morgan fingerprint density at radius 2 is 1.57 bits per heavy atom. The van der Waals surface area contributed by atoms with Gasteiger partial charge >= 0.3 is 0 Å². The maximum Gasteiger partial charge on any atom is 0.251 e. The SMILES string of the molecule is O=C(NCc1cccc2ccccc12)c1ccc(CS(=O)(=O)N2CCCCC2)cc1. The standard InChI is InChI=1S/C24H26N2O3S/c27-24(25-17-22-9-6-8-20-7-2-3-10-23(20)22)21-13-11-19(12-14-21)18-30(28,29)26-15-4-1-5-16-26/h2-3,6-14H,1,4-5,15-18H2,(H,25,27). The molecule has 3 aromatic rings. The van der Waals surface area contributed by atoms with E-state index < -0.39 is 10.0 Å². The molecule has 0 radical (unpaired) electrons. The predicted octanol–water partition coefficient (Wildman–Crippen LogP) is 4.09. The van der Waals surface area contributed by atoms with Crippen LogP contribution in [0.5, 0.6) is 0 Å². The third-order valence-corrected chi connectivity index (χ3v) is 7.44. The van der Waals surface area contributed by atoms with Crippen LogP contribution in [0.2, 0.25) is 0 Å². The minimum Gasteiger partial charge on any atom is -0.348 e. The number of carbonyl (C=O) groups is 1. The third-order valence-electron chi connectivity index (χ3n) is 5.59. The van der Waals surface area contributed by atoms with Gasteiger partial charge in [-0.05, 0) is 46.9 Å². The first kappa shape index (κ1) is 20.6. The normalized spacial score (nSPS) is 15.2. The fraction of sp³-hybridized carbons (Fsp3) is 0.292. The van der Waals surface area contributed by atoms with Gasteiger partial charge in [0.2, 0.25) is 10.0 Å². The fourth-order valence-electron chi connectivity index (χ4n) is 3.92. The van der Waals surface area contributed by atoms with E-state index in [1.165, 1.54) is 0 Å². The van der Waals surface area contributed by atoms with Gasteiger partial charge in [-0.25, -0.2) is 12.7 Å². The summed E-state index contributed by atoms with van der Waals surface area (Å²) in [5.41, 5.74) is 2.28. The molecule has 1 aliphatic rings. The largest absolute Gasteiger partial charge is 0.348 e. The van der Waals surface area contributed by atoms with Gasteiger partial charge in [0, 0.05) is 25.2 Å². The molecule has 0 unspecified atom stereocenters. The lowest BCUT2D eigenvalue weighted by Gasteiger charge is -2.25. The van der Waals surface area contributed by atoms with Crippen LogP contribution in [0.15, 0.2) is 66.7 Å². The quantitative estimate of drug-likeness (QED) is 0.651. The molecule has 1 heterocycles. The first-order valence-electron chi connectivity index (χ1n) is 10.3. The van der Waals surface area contributed by atoms with E-state index >= 15 is 0 Å². The van der Waals surface area contributed by atoms with Crippen LogP contribution in [0.25, 0.3) is 10.8 Å². The van der Waals surface area contributed by atoms with Crippen LogP contribution in [0, 0.1) is 0 Å². The first-order chi connectivity index (χ1) is 14.5. The summed E-state index contributed by atoms with van der Waals surface area (Å²) in [6.07, 6.45) is 2.94. The highest BCUT2D eigenvalue weighted by Crippen LogP contribution is 2.19. The van der Waals surface area contributed by atoms with Crippen molar-refractivity contribution in [1.82, 2.24) is 9.62 Å². The maximum atomic E-state index is 12.6. The number of fused-ring (bicyclic) bond motifs is 1. The monoisotopic (exact) mass is 422 g/mol. The number of hydrogen-bond acceptors (Lipinski definition) is 3. The smallest absolute Gasteiger partial charge is 0.251 e. The minimum atomic E-state index is -3.30. The Balaban J connectivity index is 1.39. The molecule has 4 rings (SSSR count). The highest BCUT2D eigenvalue weighted by molar-refractivity contribution is 7.88. The number of piperidine rings is 1. The van der Waals surface area contributed by atoms with Gasteiger partial charge in [0.1, 0.15) is 0 Å². The Labute approximate surface area is 177 Å². The fourth-order valence-corrected chi connectivity index (χ4v) is 5.53. The van der Waals surface area contributed by atoms with E-state index in [9.17, 15) is 13.2 Å². The molecular formula is C24H26N2O3S. The van der Waals surface area contributed by atoms with Gasteiger partial charge in [0.05, 0.1) is 5.75 Å². The van der Waals surface area contributed by atoms with Crippen molar-refractivity contribution in [2.75, 3.05) is 13.1 Å². The van der Waals surface area contributed by atoms with Crippen molar-refractivity contribution < 1.29 is 13.2 Å². The zero-order valence-electron chi connectivity index (χ0n) is 16.9. The van der Waals surface area contributed by atoms with E-state index in [4.69, 9.17) is 0 Å². The number of benzene rings is 3. The molecule has 0 aromatic heterocycles. The topological polar surface area (TPSA) is 66.5 Å². The van der Waals surface area contributed by atoms with E-state index in [1.54, 1.807) is 28.6 Å². The molecule has 1 aliphatic heterocycles. The van der Waals surface area contributed by atoms with Crippen LogP contribution in [0.3, 0.4) is 0 Å². The van der Waals surface area contributed by atoms with E-state index in [0.717, 1.165) is 35.6 Å². The van der Waals surface area contributed by atoms with Gasteiger partial charge in [0.25, 0.3) is 5.91 Å². The Kier molecular flexibility index (Phi) is 6.16. The molecule has 0 atom stereocenters. The Bertz CT molecular complexity index is 1130. The second-order valence-electron chi connectivity index (χ2n) is 7.73. The third kappa shape index (κ3) is 4.71. The van der Waals surface area contributed by atoms with Crippen molar-refractivity contribution in [3.05, 3.63) is 83.4 Å². The molecule has 0 aliphatic carbocycles. The molecule has 3 aromatic carbocycles. The molecule has 1 N–H and O–H groups in total. The van der Waals surface area contributed by atoms with Gasteiger partial charge < -0.3 is 5.32 Å². The van der Waals surface area contributed by atoms with Gasteiger partial charge in [-0.1, -0.05) is 61.0 Å². The summed E-state index contributed by atoms with van der Waals surface area (Å²) >= 11 is 0. The molecule has 0 spiro atoms. The van der Waals surface area contributed by atoms with Crippen molar-refractivity contribution in [1.29, 1.82) is 0 Å². The minimum absolute atomic E-state index is 0.0229. The average Bonchev–Trinajstić information content (AvgIpc) is 2.78. The number of carbonyl (C=O) groups excluding carboxylic acids is 1. The Hall–Kier alpha value is -2.70. The summed E-state index contributed by atoms with van der Waals surface area (Å²) in [5.74, 6) is -0.196. The molecule has 156 valence electrons. The molecule has 5 nitrogen and oxygen atoms in total. The molecule has 0 bridgehead atoms. The van der Waals surface area contributed by atoms with Gasteiger partial charge in [0.15, 0.2) is 0 Å². The summed E-state index contributed by atoms with van der Waals surface area (Å²) in [6.45, 7) is 1.65. The van der Waals surface area contributed by atoms with Crippen LogP contribution in [-0.2, 0) is 22.3 Å². The zero-order chi connectivity index (χ0) is 21.0. The molecule has 1 fully saturated rings. The van der Waals surface area contributed by atoms with Gasteiger partial charge in [-0.2, -0.15) is 0 Å². The summed E-state index contributed by atoms with van der Waals surface area (Å²) in [4.78, 5) is 12.6. The van der Waals surface area contributed by atoms with E-state index in [1.807, 2.05) is 30.3 Å². The Morgan fingerprint density at radius 3 is 2.33 bits per heavy atom. The molecule has 30 heavy (non-hydrogen) atoms. The second kappa shape index (κ2) is 8.98. The number of hydrogen-bond donors (Lipinski definition) is 1. The number of amides is 1. The highest BCUT2D eigenvalue weighted by Gasteiger charge is 2.24. The number of nitrogens with zero attached hydrogens (tertiary/aromatic N) is 1. The molecule has 1 amide bonds. The van der Waals surface area contributed by atoms with Crippen LogP contribution >= 0.6 is 0 Å². The zero-order valence-corrected chi connectivity index (χ0v) is 17.7. The second-order valence-corrected chi connectivity index (χ2v) is 9.70. The van der Waals surface area contributed by atoms with Crippen molar-refractivity contribution in [2.24, 2.45) is 0 Å². The number of nitrogens with one attached hydrogen (secondary N) is 1. The van der Waals surface area contributed by atoms with E-state index in [0.29, 0.717) is 30.8 Å². The molecular weight excluding hydrogens is 396 g/mol. The number of sulfonamides is 1. The van der Waals surface area contributed by atoms with E-state index in [2.05, 4.69) is 17.4 Å². The van der Waals surface area contributed by atoms with E-state index in [-0.39, 0.29) is 11.7 Å². The lowest BCUT2D eigenvalue weighted by Crippen LogP contribution is -2.36. The van der Waals surface area contributed by atoms with Crippen molar-refractivity contribution in [3.8, 4) is 0 Å².